The van der Waals surface area contributed by atoms with Crippen LogP contribution in [0.25, 0.3) is 0 Å². The van der Waals surface area contributed by atoms with Crippen molar-refractivity contribution in [2.45, 2.75) is 184 Å². The first-order valence-electron chi connectivity index (χ1n) is 24.3. The van der Waals surface area contributed by atoms with Crippen LogP contribution in [0.3, 0.4) is 0 Å². The van der Waals surface area contributed by atoms with Crippen molar-refractivity contribution in [3.8, 4) is 0 Å². The van der Waals surface area contributed by atoms with E-state index in [1.807, 2.05) is 19.9 Å². The summed E-state index contributed by atoms with van der Waals surface area (Å²) in [5.74, 6) is -1.99. The zero-order chi connectivity index (χ0) is 50.6. The third kappa shape index (κ3) is 8.09. The summed E-state index contributed by atoms with van der Waals surface area (Å²) in [5, 5.41) is 128. The molecule has 3 heterocycles. The Morgan fingerprint density at radius 3 is 1.86 bits per heavy atom. The molecule has 5 aliphatic carbocycles. The molecule has 12 N–H and O–H groups in total. The quantitative estimate of drug-likeness (QED) is 0.0816. The van der Waals surface area contributed by atoms with E-state index in [2.05, 4.69) is 26.8 Å². The zero-order valence-corrected chi connectivity index (χ0v) is 40.1. The monoisotopic (exact) mass is 986 g/mol. The lowest BCUT2D eigenvalue weighted by molar-refractivity contribution is -0.355. The Labute approximate surface area is 400 Å². The molecule has 21 heteroatoms. The van der Waals surface area contributed by atoms with E-state index in [-0.39, 0.29) is 25.2 Å². The maximum Gasteiger partial charge on any atom is 0.315 e. The van der Waals surface area contributed by atoms with Crippen molar-refractivity contribution in [1.29, 1.82) is 0 Å². The zero-order valence-electron chi connectivity index (χ0n) is 40.1. The fourth-order valence-corrected chi connectivity index (χ4v) is 14.5. The first-order valence-corrected chi connectivity index (χ1v) is 24.3. The number of ether oxygens (including phenoxy) is 7. The molecular formula is C48H74O21. The number of carbonyl (C=O) groups excluding carboxylic acids is 2. The van der Waals surface area contributed by atoms with E-state index in [0.29, 0.717) is 32.1 Å². The van der Waals surface area contributed by atoms with E-state index in [0.717, 1.165) is 11.1 Å². The molecule has 0 aromatic heterocycles. The number of fused-ring (bicyclic) bond motifs is 7. The van der Waals surface area contributed by atoms with E-state index < -0.39 is 175 Å². The van der Waals surface area contributed by atoms with Gasteiger partial charge in [-0.05, 0) is 86.4 Å². The molecule has 3 saturated heterocycles. The highest BCUT2D eigenvalue weighted by Crippen LogP contribution is 2.75. The fourth-order valence-electron chi connectivity index (χ4n) is 14.5. The highest BCUT2D eigenvalue weighted by Gasteiger charge is 2.70. The second-order valence-corrected chi connectivity index (χ2v) is 22.5. The molecule has 0 aromatic rings. The molecule has 0 aromatic carbocycles. The van der Waals surface area contributed by atoms with E-state index in [9.17, 15) is 70.9 Å². The maximum atomic E-state index is 14.8. The number of aliphatic hydroxyl groups is 12. The number of methoxy groups -OCH3 is 1. The minimum Gasteiger partial charge on any atom is -0.469 e. The summed E-state index contributed by atoms with van der Waals surface area (Å²) in [6.45, 7) is 7.84. The summed E-state index contributed by atoms with van der Waals surface area (Å²) in [5.41, 5.74) is -3.29. The smallest absolute Gasteiger partial charge is 0.315 e. The van der Waals surface area contributed by atoms with Gasteiger partial charge in [0.2, 0.25) is 6.29 Å². The van der Waals surface area contributed by atoms with Gasteiger partial charge in [0.1, 0.15) is 67.1 Å². The molecule has 69 heavy (non-hydrogen) atoms. The Bertz CT molecular complexity index is 1980. The van der Waals surface area contributed by atoms with Crippen molar-refractivity contribution in [2.75, 3.05) is 33.5 Å². The van der Waals surface area contributed by atoms with Gasteiger partial charge >= 0.3 is 11.9 Å². The topological polar surface area (TPSA) is 342 Å². The van der Waals surface area contributed by atoms with Gasteiger partial charge in [0.05, 0.1) is 56.6 Å². The van der Waals surface area contributed by atoms with Crippen LogP contribution < -0.4 is 0 Å². The van der Waals surface area contributed by atoms with Crippen LogP contribution in [-0.2, 0) is 42.7 Å². The van der Waals surface area contributed by atoms with Gasteiger partial charge < -0.3 is 94.4 Å². The number of rotatable bonds is 10. The average Bonchev–Trinajstić information content (AvgIpc) is 3.32. The summed E-state index contributed by atoms with van der Waals surface area (Å²) in [6.07, 6.45) is -17.9. The van der Waals surface area contributed by atoms with Gasteiger partial charge in [-0.2, -0.15) is 0 Å². The SMILES string of the molecule is COC(=O)[C@@]1(C)CC[C@]2(C(=O)O[C@@H]3O[C@H](CO)[C@H](O)[C@H](O)[C@H]3O)CC[C@]3(C)C(=CC=C4[C@@]5(C)C[C@H](O)[C@H](O[C@@H]6OC[C@@H](O[C@@H]7O[C@H](CO)[C@H](O)[C@H](O)[C@H]7O)[C@H](O)[C@H]6O)[C@@](C)(CO)[C@@H]5CC[C@]43C)[C@@H]2C1. The van der Waals surface area contributed by atoms with E-state index in [1.54, 1.807) is 0 Å². The number of esters is 2. The normalized spacial score (nSPS) is 53.0. The Balaban J connectivity index is 1.06. The van der Waals surface area contributed by atoms with Crippen molar-refractivity contribution in [3.63, 3.8) is 0 Å². The number of allylic oxidation sites excluding steroid dienone is 4. The first-order chi connectivity index (χ1) is 32.4. The highest BCUT2D eigenvalue weighted by molar-refractivity contribution is 5.81. The van der Waals surface area contributed by atoms with Crippen LogP contribution in [0.2, 0.25) is 0 Å². The molecule has 24 atom stereocenters. The van der Waals surface area contributed by atoms with Crippen LogP contribution in [0.5, 0.6) is 0 Å². The van der Waals surface area contributed by atoms with Crippen LogP contribution in [0.15, 0.2) is 23.3 Å². The van der Waals surface area contributed by atoms with Crippen LogP contribution >= 0.6 is 0 Å². The predicted molar refractivity (Wildman–Crippen MR) is 233 cm³/mol. The van der Waals surface area contributed by atoms with Crippen LogP contribution in [0.4, 0.5) is 0 Å². The van der Waals surface area contributed by atoms with Gasteiger partial charge in [-0.1, -0.05) is 51.0 Å². The molecular weight excluding hydrogens is 913 g/mol. The molecule has 8 aliphatic rings. The molecule has 3 aliphatic heterocycles. The molecule has 21 nitrogen and oxygen atoms in total. The minimum atomic E-state index is -1.80. The van der Waals surface area contributed by atoms with Crippen LogP contribution in [0.1, 0.15) is 86.0 Å². The number of hydrogen-bond donors (Lipinski definition) is 12. The summed E-state index contributed by atoms with van der Waals surface area (Å²) < 4.78 is 40.2. The van der Waals surface area contributed by atoms with Crippen molar-refractivity contribution in [3.05, 3.63) is 23.3 Å². The second kappa shape index (κ2) is 18.9. The van der Waals surface area contributed by atoms with Gasteiger partial charge in [0.15, 0.2) is 12.6 Å². The molecule has 4 saturated carbocycles. The largest absolute Gasteiger partial charge is 0.469 e. The fraction of sp³-hybridized carbons (Fsp3) is 0.875. The predicted octanol–water partition coefficient (Wildman–Crippen LogP) is -2.20. The molecule has 0 amide bonds. The lowest BCUT2D eigenvalue weighted by Gasteiger charge is -2.69. The Morgan fingerprint density at radius 1 is 0.652 bits per heavy atom. The minimum absolute atomic E-state index is 0.173. The van der Waals surface area contributed by atoms with Gasteiger partial charge in [-0.3, -0.25) is 9.59 Å². The molecule has 0 radical (unpaired) electrons. The molecule has 392 valence electrons. The first kappa shape index (κ1) is 53.0. The molecule has 8 rings (SSSR count). The molecule has 0 unspecified atom stereocenters. The Hall–Kier alpha value is -2.26. The second-order valence-electron chi connectivity index (χ2n) is 22.5. The number of aliphatic hydroxyl groups excluding tert-OH is 12. The third-order valence-corrected chi connectivity index (χ3v) is 18.9. The summed E-state index contributed by atoms with van der Waals surface area (Å²) in [4.78, 5) is 28.2. The van der Waals surface area contributed by atoms with Gasteiger partial charge in [0.25, 0.3) is 0 Å². The third-order valence-electron chi connectivity index (χ3n) is 18.9. The van der Waals surface area contributed by atoms with Crippen molar-refractivity contribution < 1.29 is 104 Å². The van der Waals surface area contributed by atoms with Gasteiger partial charge in [-0.15, -0.1) is 0 Å². The standard InChI is InChI=1S/C48H74O21/c1-43(41(61)63-6)11-13-48(42(62)69-40-36(60)33(57)30(54)25(18-50)66-40)14-12-46(4)21(22(48)15-43)7-8-28-44(2)16-23(52)37(45(3,20-51)27(44)9-10-47(28,46)5)68-38-34(58)31(55)26(19-64-38)67-39-35(59)32(56)29(53)24(17-49)65-39/h7-8,22-27,29-40,49-60H,9-20H2,1-6H3/t22-,23-,24+,25+,26+,27+,29-,30-,31-,32-,33-,34+,35+,36+,37-,38-,39-,40-,43-,44-,45-,46+,47+,48-/m0/s1. The molecule has 0 spiro atoms. The number of carbonyl (C=O) groups is 2. The van der Waals surface area contributed by atoms with Crippen LogP contribution in [-0.4, -0.2) is 205 Å². The van der Waals surface area contributed by atoms with Gasteiger partial charge in [-0.25, -0.2) is 0 Å². The summed E-state index contributed by atoms with van der Waals surface area (Å²) in [6, 6.07) is 0. The van der Waals surface area contributed by atoms with Gasteiger partial charge in [0, 0.05) is 5.41 Å². The van der Waals surface area contributed by atoms with E-state index in [4.69, 9.17) is 33.2 Å². The highest BCUT2D eigenvalue weighted by atomic mass is 16.7. The van der Waals surface area contributed by atoms with E-state index in [1.165, 1.54) is 7.11 Å². The maximum absolute atomic E-state index is 14.8. The summed E-state index contributed by atoms with van der Waals surface area (Å²) in [7, 11) is 1.33. The van der Waals surface area contributed by atoms with Crippen molar-refractivity contribution in [2.24, 2.45) is 44.3 Å². The molecule has 7 fully saturated rings. The van der Waals surface area contributed by atoms with E-state index >= 15 is 0 Å². The Kier molecular flexibility index (Phi) is 14.5. The van der Waals surface area contributed by atoms with Crippen molar-refractivity contribution >= 4 is 11.9 Å². The average molecular weight is 987 g/mol. The van der Waals surface area contributed by atoms with Crippen LogP contribution in [0, 0.1) is 44.3 Å². The van der Waals surface area contributed by atoms with Crippen molar-refractivity contribution in [1.82, 2.24) is 0 Å². The number of hydrogen-bond acceptors (Lipinski definition) is 21. The lowest BCUT2D eigenvalue weighted by atomic mass is 9.35. The summed E-state index contributed by atoms with van der Waals surface area (Å²) >= 11 is 0. The molecule has 0 bridgehead atoms. The lowest BCUT2D eigenvalue weighted by Crippen LogP contribution is -2.67. The Morgan fingerprint density at radius 2 is 1.25 bits per heavy atom.